The maximum absolute atomic E-state index is 12.0. The van der Waals surface area contributed by atoms with Gasteiger partial charge in [-0.1, -0.05) is 36.7 Å². The number of carbonyl (C=O) groups is 1. The molecule has 0 unspecified atom stereocenters. The standard InChI is InChI=1S/C15H22BrN3O3S/c1-11(15(2,3)4)17-18-14(20)10-19(23(5,21)22)13-8-6-12(16)7-9-13/h6-9H,10H2,1-5H3,(H,18,20)/b17-11-. The van der Waals surface area contributed by atoms with E-state index in [1.165, 1.54) is 0 Å². The number of nitrogens with zero attached hydrogens (tertiary/aromatic N) is 2. The second-order valence-electron chi connectivity index (χ2n) is 6.23. The summed E-state index contributed by atoms with van der Waals surface area (Å²) in [6.45, 7) is 7.40. The van der Waals surface area contributed by atoms with Gasteiger partial charge in [0.25, 0.3) is 5.91 Å². The number of amides is 1. The van der Waals surface area contributed by atoms with Crippen LogP contribution in [0, 0.1) is 5.41 Å². The first-order valence-electron chi connectivity index (χ1n) is 6.98. The van der Waals surface area contributed by atoms with Crippen molar-refractivity contribution in [1.82, 2.24) is 5.43 Å². The molecule has 0 aromatic heterocycles. The van der Waals surface area contributed by atoms with E-state index in [1.54, 1.807) is 24.3 Å². The predicted octanol–water partition coefficient (Wildman–Crippen LogP) is 2.75. The van der Waals surface area contributed by atoms with E-state index in [9.17, 15) is 13.2 Å². The monoisotopic (exact) mass is 403 g/mol. The van der Waals surface area contributed by atoms with Gasteiger partial charge in [0, 0.05) is 15.6 Å². The third-order valence-electron chi connectivity index (χ3n) is 3.24. The molecule has 0 fully saturated rings. The summed E-state index contributed by atoms with van der Waals surface area (Å²) >= 11 is 3.29. The summed E-state index contributed by atoms with van der Waals surface area (Å²) in [6, 6.07) is 6.69. The van der Waals surface area contributed by atoms with E-state index in [0.717, 1.165) is 20.7 Å². The SMILES string of the molecule is C/C(=N/NC(=O)CN(c1ccc(Br)cc1)S(C)(=O)=O)C(C)(C)C. The topological polar surface area (TPSA) is 78.8 Å². The molecular weight excluding hydrogens is 382 g/mol. The van der Waals surface area contributed by atoms with Crippen LogP contribution in [0.25, 0.3) is 0 Å². The molecule has 0 spiro atoms. The highest BCUT2D eigenvalue weighted by molar-refractivity contribution is 9.10. The molecule has 0 saturated carbocycles. The van der Waals surface area contributed by atoms with E-state index in [-0.39, 0.29) is 12.0 Å². The van der Waals surface area contributed by atoms with Crippen LogP contribution in [-0.2, 0) is 14.8 Å². The minimum absolute atomic E-state index is 0.171. The maximum Gasteiger partial charge on any atom is 0.260 e. The lowest BCUT2D eigenvalue weighted by atomic mass is 9.91. The zero-order chi connectivity index (χ0) is 17.8. The van der Waals surface area contributed by atoms with Crippen LogP contribution in [0.5, 0.6) is 0 Å². The molecule has 8 heteroatoms. The molecule has 1 aromatic carbocycles. The van der Waals surface area contributed by atoms with Gasteiger partial charge < -0.3 is 0 Å². The van der Waals surface area contributed by atoms with Gasteiger partial charge >= 0.3 is 0 Å². The number of nitrogens with one attached hydrogen (secondary N) is 1. The normalized spacial score (nSPS) is 12.9. The van der Waals surface area contributed by atoms with Gasteiger partial charge in [0.15, 0.2) is 0 Å². The molecule has 128 valence electrons. The van der Waals surface area contributed by atoms with Crippen LogP contribution in [0.3, 0.4) is 0 Å². The zero-order valence-electron chi connectivity index (χ0n) is 13.9. The summed E-state index contributed by atoms with van der Waals surface area (Å²) in [7, 11) is -3.58. The van der Waals surface area contributed by atoms with Crippen LogP contribution in [0.1, 0.15) is 27.7 Å². The van der Waals surface area contributed by atoms with E-state index in [2.05, 4.69) is 26.5 Å². The largest absolute Gasteiger partial charge is 0.271 e. The quantitative estimate of drug-likeness (QED) is 0.606. The van der Waals surface area contributed by atoms with Crippen LogP contribution < -0.4 is 9.73 Å². The molecule has 1 amide bonds. The molecule has 6 nitrogen and oxygen atoms in total. The van der Waals surface area contributed by atoms with Crippen molar-refractivity contribution in [2.24, 2.45) is 10.5 Å². The predicted molar refractivity (Wildman–Crippen MR) is 97.0 cm³/mol. The van der Waals surface area contributed by atoms with Crippen LogP contribution in [0.4, 0.5) is 5.69 Å². The first-order chi connectivity index (χ1) is 10.4. The highest BCUT2D eigenvalue weighted by atomic mass is 79.9. The Bertz CT molecular complexity index is 692. The van der Waals surface area contributed by atoms with Gasteiger partial charge in [-0.25, -0.2) is 13.8 Å². The number of hydrogen-bond acceptors (Lipinski definition) is 4. The van der Waals surface area contributed by atoms with Gasteiger partial charge in [-0.05, 0) is 31.2 Å². The van der Waals surface area contributed by atoms with Crippen LogP contribution in [0.2, 0.25) is 0 Å². The van der Waals surface area contributed by atoms with E-state index in [0.29, 0.717) is 5.69 Å². The summed E-state index contributed by atoms with van der Waals surface area (Å²) in [5.74, 6) is -0.498. The average Bonchev–Trinajstić information content (AvgIpc) is 2.41. The number of sulfonamides is 1. The first kappa shape index (κ1) is 19.6. The molecule has 0 heterocycles. The fourth-order valence-corrected chi connectivity index (χ4v) is 2.61. The summed E-state index contributed by atoms with van der Waals surface area (Å²) in [4.78, 5) is 12.0. The maximum atomic E-state index is 12.0. The Morgan fingerprint density at radius 3 is 2.22 bits per heavy atom. The fourth-order valence-electron chi connectivity index (χ4n) is 1.49. The van der Waals surface area contributed by atoms with E-state index in [1.807, 2.05) is 27.7 Å². The summed E-state index contributed by atoms with van der Waals surface area (Å²) in [6.07, 6.45) is 1.06. The van der Waals surface area contributed by atoms with Crippen molar-refractivity contribution in [3.05, 3.63) is 28.7 Å². The molecular formula is C15H22BrN3O3S. The highest BCUT2D eigenvalue weighted by Crippen LogP contribution is 2.20. The average molecular weight is 404 g/mol. The van der Waals surface area contributed by atoms with Gasteiger partial charge in [0.1, 0.15) is 6.54 Å². The molecule has 0 saturated heterocycles. The van der Waals surface area contributed by atoms with Crippen LogP contribution >= 0.6 is 15.9 Å². The van der Waals surface area contributed by atoms with Gasteiger partial charge in [0.2, 0.25) is 10.0 Å². The lowest BCUT2D eigenvalue weighted by Gasteiger charge is -2.22. The summed E-state index contributed by atoms with van der Waals surface area (Å²) < 4.78 is 25.8. The molecule has 0 aliphatic heterocycles. The molecule has 0 bridgehead atoms. The molecule has 0 radical (unpaired) electrons. The van der Waals surface area contributed by atoms with Gasteiger partial charge in [0.05, 0.1) is 11.9 Å². The third-order valence-corrected chi connectivity index (χ3v) is 4.91. The Kier molecular flexibility index (Phi) is 6.35. The number of halogens is 1. The Hall–Kier alpha value is -1.41. The van der Waals surface area contributed by atoms with Crippen molar-refractivity contribution in [3.8, 4) is 0 Å². The smallest absolute Gasteiger partial charge is 0.260 e. The van der Waals surface area contributed by atoms with Gasteiger partial charge in [-0.2, -0.15) is 5.10 Å². The number of benzene rings is 1. The van der Waals surface area contributed by atoms with Gasteiger partial charge in [-0.3, -0.25) is 9.10 Å². The Morgan fingerprint density at radius 2 is 1.78 bits per heavy atom. The Labute approximate surface area is 146 Å². The molecule has 23 heavy (non-hydrogen) atoms. The minimum Gasteiger partial charge on any atom is -0.271 e. The number of rotatable bonds is 5. The summed E-state index contributed by atoms with van der Waals surface area (Å²) in [5, 5.41) is 4.03. The highest BCUT2D eigenvalue weighted by Gasteiger charge is 2.21. The van der Waals surface area contributed by atoms with E-state index < -0.39 is 15.9 Å². The molecule has 1 aromatic rings. The van der Waals surface area contributed by atoms with Gasteiger partial charge in [-0.15, -0.1) is 0 Å². The zero-order valence-corrected chi connectivity index (χ0v) is 16.3. The second-order valence-corrected chi connectivity index (χ2v) is 9.05. The van der Waals surface area contributed by atoms with Crippen molar-refractivity contribution in [2.75, 3.05) is 17.1 Å². The van der Waals surface area contributed by atoms with Crippen molar-refractivity contribution >= 4 is 43.3 Å². The van der Waals surface area contributed by atoms with E-state index >= 15 is 0 Å². The number of hydrogen-bond donors (Lipinski definition) is 1. The van der Waals surface area contributed by atoms with Crippen LogP contribution in [0.15, 0.2) is 33.8 Å². The van der Waals surface area contributed by atoms with Crippen molar-refractivity contribution < 1.29 is 13.2 Å². The molecule has 1 N–H and O–H groups in total. The fraction of sp³-hybridized carbons (Fsp3) is 0.467. The van der Waals surface area contributed by atoms with Crippen molar-refractivity contribution in [2.45, 2.75) is 27.7 Å². The lowest BCUT2D eigenvalue weighted by molar-refractivity contribution is -0.119. The van der Waals surface area contributed by atoms with Crippen LogP contribution in [-0.4, -0.2) is 32.8 Å². The molecule has 0 aliphatic rings. The lowest BCUT2D eigenvalue weighted by Crippen LogP contribution is -2.39. The number of hydrazone groups is 1. The minimum atomic E-state index is -3.58. The number of anilines is 1. The molecule has 0 atom stereocenters. The molecule has 1 rings (SSSR count). The first-order valence-corrected chi connectivity index (χ1v) is 9.62. The Morgan fingerprint density at radius 1 is 1.26 bits per heavy atom. The van der Waals surface area contributed by atoms with E-state index in [4.69, 9.17) is 0 Å². The number of carbonyl (C=O) groups excluding carboxylic acids is 1. The molecule has 0 aliphatic carbocycles. The Balaban J connectivity index is 2.92. The van der Waals surface area contributed by atoms with Crippen molar-refractivity contribution in [3.63, 3.8) is 0 Å². The third kappa shape index (κ3) is 6.31. The van der Waals surface area contributed by atoms with Crippen molar-refractivity contribution in [1.29, 1.82) is 0 Å². The summed E-state index contributed by atoms with van der Waals surface area (Å²) in [5.41, 5.74) is 3.40. The second kappa shape index (κ2) is 7.44.